The Morgan fingerprint density at radius 3 is 2.83 bits per heavy atom. The summed E-state index contributed by atoms with van der Waals surface area (Å²) in [5.74, 6) is -0.766. The molecule has 1 aromatic carbocycles. The highest BCUT2D eigenvalue weighted by Crippen LogP contribution is 2.25. The number of hydrogen-bond donors (Lipinski definition) is 2. The van der Waals surface area contributed by atoms with Crippen molar-refractivity contribution in [3.05, 3.63) is 66.0 Å². The van der Waals surface area contributed by atoms with Crippen molar-refractivity contribution in [3.63, 3.8) is 0 Å². The van der Waals surface area contributed by atoms with Crippen molar-refractivity contribution in [2.45, 2.75) is 12.8 Å². The fraction of sp³-hybridized carbons (Fsp3) is 0.100. The number of anilines is 2. The molecule has 2 heterocycles. The van der Waals surface area contributed by atoms with Gasteiger partial charge in [-0.3, -0.25) is 14.6 Å². The highest BCUT2D eigenvalue weighted by Gasteiger charge is 2.18. The third kappa shape index (κ3) is 4.88. The fourth-order valence-corrected chi connectivity index (χ4v) is 3.07. The molecule has 0 aliphatic carbocycles. The largest absolute Gasteiger partial charge is 0.306 e. The summed E-state index contributed by atoms with van der Waals surface area (Å²) in [6.45, 7) is 5.18. The lowest BCUT2D eigenvalue weighted by Gasteiger charge is -2.12. The highest BCUT2D eigenvalue weighted by molar-refractivity contribution is 7.16. The van der Waals surface area contributed by atoms with Crippen LogP contribution in [0.15, 0.2) is 55.5 Å². The number of hydrogen-bond acceptors (Lipinski definition) is 7. The average molecular weight is 404 g/mol. The van der Waals surface area contributed by atoms with Crippen molar-refractivity contribution in [3.8, 4) is 17.3 Å². The van der Waals surface area contributed by atoms with Crippen molar-refractivity contribution in [2.75, 3.05) is 10.6 Å². The summed E-state index contributed by atoms with van der Waals surface area (Å²) in [5, 5.41) is 14.5. The van der Waals surface area contributed by atoms with Crippen molar-refractivity contribution in [1.29, 1.82) is 5.26 Å². The molecular formula is C20H16N6O2S. The molecule has 0 saturated carbocycles. The number of nitriles is 1. The topological polar surface area (TPSA) is 121 Å². The van der Waals surface area contributed by atoms with Crippen LogP contribution < -0.4 is 10.6 Å². The van der Waals surface area contributed by atoms with Crippen LogP contribution in [0.3, 0.4) is 0 Å². The van der Waals surface area contributed by atoms with Crippen molar-refractivity contribution < 1.29 is 9.59 Å². The number of thiazole rings is 1. The first-order chi connectivity index (χ1) is 14.0. The molecule has 0 fully saturated rings. The Morgan fingerprint density at radius 1 is 1.28 bits per heavy atom. The molecule has 0 bridgehead atoms. The minimum absolute atomic E-state index is 0.237. The van der Waals surface area contributed by atoms with Crippen molar-refractivity contribution in [1.82, 2.24) is 15.0 Å². The van der Waals surface area contributed by atoms with Crippen molar-refractivity contribution in [2.24, 2.45) is 0 Å². The van der Waals surface area contributed by atoms with Crippen molar-refractivity contribution >= 4 is 34.1 Å². The van der Waals surface area contributed by atoms with Crippen LogP contribution in [0.1, 0.15) is 23.3 Å². The number of carbonyl (C=O) groups excluding carboxylic acids is 2. The summed E-state index contributed by atoms with van der Waals surface area (Å²) in [4.78, 5) is 36.9. The molecule has 2 aromatic heterocycles. The molecule has 144 valence electrons. The second-order valence-corrected chi connectivity index (χ2v) is 6.99. The van der Waals surface area contributed by atoms with Gasteiger partial charge < -0.3 is 10.6 Å². The molecule has 0 aliphatic heterocycles. The predicted molar refractivity (Wildman–Crippen MR) is 110 cm³/mol. The number of carbonyl (C=O) groups is 2. The molecule has 8 nitrogen and oxygen atoms in total. The summed E-state index contributed by atoms with van der Waals surface area (Å²) >= 11 is 1.12. The summed E-state index contributed by atoms with van der Waals surface area (Å²) in [7, 11) is 0. The molecule has 0 saturated heterocycles. The van der Waals surface area contributed by atoms with Crippen LogP contribution in [0.25, 0.3) is 11.3 Å². The predicted octanol–water partition coefficient (Wildman–Crippen LogP) is 3.34. The number of nitrogens with zero attached hydrogens (tertiary/aromatic N) is 4. The zero-order valence-electron chi connectivity index (χ0n) is 15.4. The SMILES string of the molecule is C=CC(=O)Nc1cncc(-c2cccc(C(C)C(=O)Nc3ncc(C#N)s3)c2)n1. The lowest BCUT2D eigenvalue weighted by atomic mass is 9.97. The van der Waals surface area contributed by atoms with E-state index >= 15 is 0 Å². The van der Waals surface area contributed by atoms with Gasteiger partial charge in [-0.15, -0.1) is 0 Å². The molecule has 3 rings (SSSR count). The van der Waals surface area contributed by atoms with Crippen LogP contribution in [0.4, 0.5) is 10.9 Å². The first-order valence-corrected chi connectivity index (χ1v) is 9.34. The average Bonchev–Trinajstić information content (AvgIpc) is 3.21. The first-order valence-electron chi connectivity index (χ1n) is 8.52. The van der Waals surface area contributed by atoms with E-state index in [0.29, 0.717) is 21.5 Å². The van der Waals surface area contributed by atoms with Gasteiger partial charge in [0.2, 0.25) is 11.8 Å². The van der Waals surface area contributed by atoms with E-state index < -0.39 is 5.92 Å². The van der Waals surface area contributed by atoms with Crippen LogP contribution in [-0.4, -0.2) is 26.8 Å². The summed E-state index contributed by atoms with van der Waals surface area (Å²) in [6, 6.07) is 9.34. The Hall–Kier alpha value is -3.90. The van der Waals surface area contributed by atoms with Gasteiger partial charge >= 0.3 is 0 Å². The Bertz CT molecular complexity index is 1120. The van der Waals surface area contributed by atoms with Crippen LogP contribution >= 0.6 is 11.3 Å². The second kappa shape index (κ2) is 8.86. The van der Waals surface area contributed by atoms with Gasteiger partial charge in [-0.25, -0.2) is 9.97 Å². The molecular weight excluding hydrogens is 388 g/mol. The standard InChI is InChI=1S/C20H16N6O2S/c1-3-18(27)25-17-11-22-10-16(24-17)14-6-4-5-13(7-14)12(2)19(28)26-20-23-9-15(8-21)29-20/h3-7,9-12H,1H2,2H3,(H,23,26,28)(H,24,25,27). The van der Waals surface area contributed by atoms with E-state index in [0.717, 1.165) is 28.5 Å². The lowest BCUT2D eigenvalue weighted by molar-refractivity contribution is -0.117. The third-order valence-corrected chi connectivity index (χ3v) is 4.81. The van der Waals surface area contributed by atoms with E-state index in [9.17, 15) is 9.59 Å². The maximum absolute atomic E-state index is 12.6. The molecule has 2 amide bonds. The van der Waals surface area contributed by atoms with Crippen LogP contribution in [0.2, 0.25) is 0 Å². The Morgan fingerprint density at radius 2 is 2.10 bits per heavy atom. The maximum atomic E-state index is 12.6. The summed E-state index contributed by atoms with van der Waals surface area (Å²) in [6.07, 6.45) is 5.58. The number of amides is 2. The zero-order valence-corrected chi connectivity index (χ0v) is 16.2. The van der Waals surface area contributed by atoms with Gasteiger partial charge in [-0.2, -0.15) is 5.26 Å². The molecule has 1 atom stereocenters. The van der Waals surface area contributed by atoms with E-state index in [2.05, 4.69) is 32.2 Å². The van der Waals surface area contributed by atoms with E-state index in [1.807, 2.05) is 30.3 Å². The zero-order chi connectivity index (χ0) is 20.8. The molecule has 3 aromatic rings. The minimum Gasteiger partial charge on any atom is -0.306 e. The molecule has 9 heteroatoms. The van der Waals surface area contributed by atoms with E-state index in [4.69, 9.17) is 5.26 Å². The van der Waals surface area contributed by atoms with E-state index in [-0.39, 0.29) is 11.8 Å². The van der Waals surface area contributed by atoms with Gasteiger partial charge in [0, 0.05) is 5.56 Å². The Balaban J connectivity index is 1.79. The third-order valence-electron chi connectivity index (χ3n) is 3.99. The molecule has 29 heavy (non-hydrogen) atoms. The van der Waals surface area contributed by atoms with Gasteiger partial charge in [0.1, 0.15) is 10.9 Å². The van der Waals surface area contributed by atoms with Gasteiger partial charge in [0.15, 0.2) is 10.9 Å². The van der Waals surface area contributed by atoms with Crippen LogP contribution in [-0.2, 0) is 9.59 Å². The number of nitrogens with one attached hydrogen (secondary N) is 2. The monoisotopic (exact) mass is 404 g/mol. The number of aromatic nitrogens is 3. The molecule has 1 unspecified atom stereocenters. The Kier molecular flexibility index (Phi) is 6.06. The quantitative estimate of drug-likeness (QED) is 0.608. The smallest absolute Gasteiger partial charge is 0.248 e. The van der Waals surface area contributed by atoms with Gasteiger partial charge in [0.25, 0.3) is 0 Å². The van der Waals surface area contributed by atoms with E-state index in [1.54, 1.807) is 13.1 Å². The van der Waals surface area contributed by atoms with Crippen LogP contribution in [0.5, 0.6) is 0 Å². The number of rotatable bonds is 6. The fourth-order valence-electron chi connectivity index (χ4n) is 2.46. The summed E-state index contributed by atoms with van der Waals surface area (Å²) in [5.41, 5.74) is 2.09. The van der Waals surface area contributed by atoms with E-state index in [1.165, 1.54) is 12.4 Å². The minimum atomic E-state index is -0.457. The molecule has 0 aliphatic rings. The van der Waals surface area contributed by atoms with Gasteiger partial charge in [0.05, 0.1) is 30.2 Å². The first kappa shape index (κ1) is 19.9. The second-order valence-electron chi connectivity index (χ2n) is 5.96. The summed E-state index contributed by atoms with van der Waals surface area (Å²) < 4.78 is 0. The highest BCUT2D eigenvalue weighted by atomic mass is 32.1. The van der Waals surface area contributed by atoms with Gasteiger partial charge in [-0.05, 0) is 24.6 Å². The van der Waals surface area contributed by atoms with Crippen LogP contribution in [0, 0.1) is 11.3 Å². The lowest BCUT2D eigenvalue weighted by Crippen LogP contribution is -2.18. The molecule has 0 radical (unpaired) electrons. The maximum Gasteiger partial charge on any atom is 0.248 e. The normalized spacial score (nSPS) is 11.2. The molecule has 0 spiro atoms. The molecule has 2 N–H and O–H groups in total. The Labute approximate surface area is 171 Å². The van der Waals surface area contributed by atoms with Gasteiger partial charge in [-0.1, -0.05) is 36.1 Å². The number of benzene rings is 1.